The van der Waals surface area contributed by atoms with Gasteiger partial charge in [-0.15, -0.1) is 0 Å². The molecule has 182 valence electrons. The van der Waals surface area contributed by atoms with E-state index in [1.54, 1.807) is 4.90 Å². The van der Waals surface area contributed by atoms with Crippen molar-refractivity contribution in [3.63, 3.8) is 0 Å². The molecule has 6 nitrogen and oxygen atoms in total. The lowest BCUT2D eigenvalue weighted by Gasteiger charge is -2.41. The third kappa shape index (κ3) is 12.1. The molecule has 1 atom stereocenters. The largest absolute Gasteiger partial charge is 0.479 e. The van der Waals surface area contributed by atoms with Crippen molar-refractivity contribution in [1.29, 1.82) is 0 Å². The van der Waals surface area contributed by atoms with Gasteiger partial charge in [-0.3, -0.25) is 9.59 Å². The summed E-state index contributed by atoms with van der Waals surface area (Å²) in [5, 5.41) is 10.2. The predicted molar refractivity (Wildman–Crippen MR) is 127 cm³/mol. The Balaban J connectivity index is 5.01. The number of rotatable bonds is 21. The minimum absolute atomic E-state index is 0.0239. The molecule has 0 saturated carbocycles. The molecule has 0 aliphatic carbocycles. The molecular formula is C25H48N2O4. The predicted octanol–water partition coefficient (Wildman–Crippen LogP) is 5.82. The Morgan fingerprint density at radius 2 is 1.23 bits per heavy atom. The first-order valence-corrected chi connectivity index (χ1v) is 12.7. The van der Waals surface area contributed by atoms with Gasteiger partial charge in [-0.05, 0) is 25.7 Å². The van der Waals surface area contributed by atoms with Gasteiger partial charge in [0.05, 0.1) is 0 Å². The van der Waals surface area contributed by atoms with Gasteiger partial charge in [-0.1, -0.05) is 91.4 Å². The highest BCUT2D eigenvalue weighted by Gasteiger charge is 2.45. The summed E-state index contributed by atoms with van der Waals surface area (Å²) in [7, 11) is 0. The second-order valence-electron chi connectivity index (χ2n) is 8.88. The van der Waals surface area contributed by atoms with Gasteiger partial charge in [0.25, 0.3) is 0 Å². The fraction of sp³-hybridized carbons (Fsp3) is 0.880. The van der Waals surface area contributed by atoms with Crippen molar-refractivity contribution in [3.05, 3.63) is 0 Å². The van der Waals surface area contributed by atoms with Crippen LogP contribution in [0.1, 0.15) is 130 Å². The van der Waals surface area contributed by atoms with Crippen molar-refractivity contribution in [1.82, 2.24) is 4.90 Å². The molecule has 3 N–H and O–H groups in total. The molecule has 0 spiro atoms. The van der Waals surface area contributed by atoms with Crippen LogP contribution in [0.25, 0.3) is 0 Å². The van der Waals surface area contributed by atoms with E-state index in [0.29, 0.717) is 25.8 Å². The zero-order valence-electron chi connectivity index (χ0n) is 20.4. The van der Waals surface area contributed by atoms with Gasteiger partial charge >= 0.3 is 5.97 Å². The van der Waals surface area contributed by atoms with Gasteiger partial charge in [0.1, 0.15) is 5.54 Å². The molecule has 0 fully saturated rings. The minimum atomic E-state index is -1.34. The average Bonchev–Trinajstić information content (AvgIpc) is 2.73. The van der Waals surface area contributed by atoms with Crippen LogP contribution in [0.2, 0.25) is 0 Å². The highest BCUT2D eigenvalue weighted by molar-refractivity contribution is 5.88. The van der Waals surface area contributed by atoms with E-state index in [0.717, 1.165) is 38.5 Å². The van der Waals surface area contributed by atoms with Gasteiger partial charge in [0.15, 0.2) is 0 Å². The molecule has 31 heavy (non-hydrogen) atoms. The van der Waals surface area contributed by atoms with Crippen molar-refractivity contribution < 1.29 is 19.5 Å². The second kappa shape index (κ2) is 18.0. The Bertz CT molecular complexity index is 510. The number of amides is 2. The van der Waals surface area contributed by atoms with E-state index in [1.807, 2.05) is 13.8 Å². The Hall–Kier alpha value is -1.59. The van der Waals surface area contributed by atoms with Gasteiger partial charge in [-0.25, -0.2) is 4.79 Å². The molecule has 0 aromatic rings. The number of unbranched alkanes of at least 4 members (excludes halogenated alkanes) is 10. The Labute approximate surface area is 190 Å². The number of hydrogen-bond donors (Lipinski definition) is 2. The maximum absolute atomic E-state index is 13.2. The van der Waals surface area contributed by atoms with E-state index in [-0.39, 0.29) is 18.7 Å². The average molecular weight is 441 g/mol. The molecular weight excluding hydrogens is 392 g/mol. The van der Waals surface area contributed by atoms with E-state index in [2.05, 4.69) is 6.92 Å². The first kappa shape index (κ1) is 29.4. The van der Waals surface area contributed by atoms with Gasteiger partial charge in [0.2, 0.25) is 11.8 Å². The van der Waals surface area contributed by atoms with Crippen molar-refractivity contribution in [3.8, 4) is 0 Å². The van der Waals surface area contributed by atoms with Crippen LogP contribution in [-0.4, -0.2) is 39.9 Å². The molecule has 0 rings (SSSR count). The molecule has 0 saturated heterocycles. The van der Waals surface area contributed by atoms with Gasteiger partial charge in [0, 0.05) is 19.4 Å². The fourth-order valence-electron chi connectivity index (χ4n) is 4.14. The van der Waals surface area contributed by atoms with Gasteiger partial charge < -0.3 is 15.7 Å². The van der Waals surface area contributed by atoms with E-state index in [9.17, 15) is 19.5 Å². The molecule has 2 amide bonds. The molecule has 0 aromatic heterocycles. The topological polar surface area (TPSA) is 101 Å². The summed E-state index contributed by atoms with van der Waals surface area (Å²) in [6.07, 6.45) is 14.5. The maximum Gasteiger partial charge on any atom is 0.329 e. The second-order valence-corrected chi connectivity index (χ2v) is 8.88. The molecule has 0 aliphatic heterocycles. The highest BCUT2D eigenvalue weighted by Crippen LogP contribution is 2.30. The number of nitrogens with zero attached hydrogens (tertiary/aromatic N) is 1. The van der Waals surface area contributed by atoms with Crippen molar-refractivity contribution >= 4 is 17.8 Å². The minimum Gasteiger partial charge on any atom is -0.479 e. The molecule has 0 heterocycles. The number of carboxylic acids is 1. The fourth-order valence-corrected chi connectivity index (χ4v) is 4.14. The Morgan fingerprint density at radius 1 is 0.710 bits per heavy atom. The summed E-state index contributed by atoms with van der Waals surface area (Å²) in [5.41, 5.74) is 4.00. The van der Waals surface area contributed by atoms with E-state index < -0.39 is 17.4 Å². The quantitative estimate of drug-likeness (QED) is 0.220. The number of carboxylic acid groups (broad SMARTS) is 1. The maximum atomic E-state index is 13.2. The van der Waals surface area contributed by atoms with Crippen molar-refractivity contribution in [2.75, 3.05) is 6.54 Å². The number of nitrogens with two attached hydrogens (primary N) is 1. The van der Waals surface area contributed by atoms with Crippen LogP contribution in [0.3, 0.4) is 0 Å². The zero-order chi connectivity index (χ0) is 23.5. The SMILES string of the molecule is CCCCCCCCCCCC(=O)N(CCCC)[C@@](CCCC)(CCC(N)=O)C(=O)O. The summed E-state index contributed by atoms with van der Waals surface area (Å²) in [6.45, 7) is 6.67. The van der Waals surface area contributed by atoms with Crippen LogP contribution in [-0.2, 0) is 14.4 Å². The van der Waals surface area contributed by atoms with E-state index in [4.69, 9.17) is 5.73 Å². The molecule has 0 unspecified atom stereocenters. The van der Waals surface area contributed by atoms with E-state index >= 15 is 0 Å². The Kier molecular flexibility index (Phi) is 17.1. The first-order valence-electron chi connectivity index (χ1n) is 12.7. The molecule has 6 heteroatoms. The Morgan fingerprint density at radius 3 is 1.71 bits per heavy atom. The first-order chi connectivity index (χ1) is 14.9. The van der Waals surface area contributed by atoms with Crippen LogP contribution in [0, 0.1) is 0 Å². The molecule has 0 aliphatic rings. The zero-order valence-corrected chi connectivity index (χ0v) is 20.4. The van der Waals surface area contributed by atoms with Crippen LogP contribution >= 0.6 is 0 Å². The monoisotopic (exact) mass is 440 g/mol. The lowest BCUT2D eigenvalue weighted by molar-refractivity contribution is -0.161. The van der Waals surface area contributed by atoms with Crippen LogP contribution in [0.4, 0.5) is 0 Å². The number of hydrogen-bond acceptors (Lipinski definition) is 3. The molecule has 0 aromatic carbocycles. The van der Waals surface area contributed by atoms with Crippen LogP contribution in [0.5, 0.6) is 0 Å². The molecule has 0 radical (unpaired) electrons. The standard InChI is InChI=1S/C25H48N2O4/c1-4-7-10-11-12-13-14-15-16-17-23(29)27(21-9-6-3)25(24(30)31,19-8-5-2)20-18-22(26)28/h4-21H2,1-3H3,(H2,26,28)(H,30,31)/t25-/m0/s1. The van der Waals surface area contributed by atoms with Gasteiger partial charge in [-0.2, -0.15) is 0 Å². The van der Waals surface area contributed by atoms with Crippen molar-refractivity contribution in [2.24, 2.45) is 5.73 Å². The highest BCUT2D eigenvalue weighted by atomic mass is 16.4. The number of aliphatic carboxylic acids is 1. The normalized spacial score (nSPS) is 13.0. The van der Waals surface area contributed by atoms with Crippen molar-refractivity contribution in [2.45, 2.75) is 135 Å². The number of primary amides is 1. The third-order valence-corrected chi connectivity index (χ3v) is 6.17. The summed E-state index contributed by atoms with van der Waals surface area (Å²) < 4.78 is 0. The van der Waals surface area contributed by atoms with E-state index in [1.165, 1.54) is 38.5 Å². The van der Waals surface area contributed by atoms with Crippen LogP contribution < -0.4 is 5.73 Å². The van der Waals surface area contributed by atoms with Crippen LogP contribution in [0.15, 0.2) is 0 Å². The summed E-state index contributed by atoms with van der Waals surface area (Å²) >= 11 is 0. The molecule has 0 bridgehead atoms. The number of carbonyl (C=O) groups is 3. The third-order valence-electron chi connectivity index (χ3n) is 6.17. The lowest BCUT2D eigenvalue weighted by atomic mass is 9.84. The number of carbonyl (C=O) groups excluding carboxylic acids is 2. The summed E-state index contributed by atoms with van der Waals surface area (Å²) in [5.74, 6) is -1.64. The smallest absolute Gasteiger partial charge is 0.329 e. The summed E-state index contributed by atoms with van der Waals surface area (Å²) in [6, 6.07) is 0. The summed E-state index contributed by atoms with van der Waals surface area (Å²) in [4.78, 5) is 38.6. The lowest BCUT2D eigenvalue weighted by Crippen LogP contribution is -2.57.